The van der Waals surface area contributed by atoms with Gasteiger partial charge in [-0.1, -0.05) is 17.7 Å². The van der Waals surface area contributed by atoms with Crippen molar-refractivity contribution in [3.63, 3.8) is 0 Å². The van der Waals surface area contributed by atoms with E-state index in [0.717, 1.165) is 24.9 Å². The molecule has 2 rings (SSSR count). The molecule has 4 heteroatoms. The summed E-state index contributed by atoms with van der Waals surface area (Å²) in [6, 6.07) is 7.60. The fourth-order valence-electron chi connectivity index (χ4n) is 2.29. The Hall–Kier alpha value is -1.84. The molecule has 3 N–H and O–H groups in total. The van der Waals surface area contributed by atoms with Crippen LogP contribution in [0.25, 0.3) is 0 Å². The van der Waals surface area contributed by atoms with Crippen LogP contribution in [0.1, 0.15) is 28.8 Å². The quantitative estimate of drug-likeness (QED) is 0.616. The average molecular weight is 245 g/mol. The van der Waals surface area contributed by atoms with E-state index in [9.17, 15) is 4.79 Å². The van der Waals surface area contributed by atoms with Crippen LogP contribution in [0.2, 0.25) is 0 Å². The summed E-state index contributed by atoms with van der Waals surface area (Å²) in [5, 5.41) is 7.49. The van der Waals surface area contributed by atoms with Crippen LogP contribution in [0, 0.1) is 18.3 Å². The van der Waals surface area contributed by atoms with Gasteiger partial charge in [0, 0.05) is 24.6 Å². The largest absolute Gasteiger partial charge is 0.387 e. The second-order valence-electron chi connectivity index (χ2n) is 4.91. The summed E-state index contributed by atoms with van der Waals surface area (Å²) in [4.78, 5) is 14.1. The maximum atomic E-state index is 12.3. The number of carbonyl (C=O) groups excluding carboxylic acids is 1. The van der Waals surface area contributed by atoms with Crippen molar-refractivity contribution in [1.82, 2.24) is 4.90 Å². The van der Waals surface area contributed by atoms with Crippen LogP contribution >= 0.6 is 0 Å². The zero-order valence-corrected chi connectivity index (χ0v) is 10.6. The van der Waals surface area contributed by atoms with E-state index in [4.69, 9.17) is 11.1 Å². The Kier molecular flexibility index (Phi) is 3.65. The van der Waals surface area contributed by atoms with E-state index in [2.05, 4.69) is 0 Å². The Labute approximate surface area is 107 Å². The number of hydrogen-bond donors (Lipinski definition) is 2. The Morgan fingerprint density at radius 3 is 2.67 bits per heavy atom. The first kappa shape index (κ1) is 12.6. The summed E-state index contributed by atoms with van der Waals surface area (Å²) in [6.07, 6.45) is 1.83. The molecule has 0 saturated carbocycles. The fourth-order valence-corrected chi connectivity index (χ4v) is 2.29. The molecule has 0 spiro atoms. The van der Waals surface area contributed by atoms with Gasteiger partial charge in [-0.25, -0.2) is 0 Å². The van der Waals surface area contributed by atoms with Gasteiger partial charge in [0.2, 0.25) is 0 Å². The van der Waals surface area contributed by atoms with Crippen LogP contribution < -0.4 is 5.73 Å². The number of nitrogens with one attached hydrogen (secondary N) is 1. The molecule has 96 valence electrons. The summed E-state index contributed by atoms with van der Waals surface area (Å²) < 4.78 is 0. The van der Waals surface area contributed by atoms with E-state index in [1.807, 2.05) is 31.2 Å². The lowest BCUT2D eigenvalue weighted by atomic mass is 9.96. The van der Waals surface area contributed by atoms with E-state index in [0.29, 0.717) is 12.1 Å². The first-order valence-corrected chi connectivity index (χ1v) is 6.28. The Morgan fingerprint density at radius 2 is 2.06 bits per heavy atom. The topological polar surface area (TPSA) is 70.2 Å². The van der Waals surface area contributed by atoms with Crippen molar-refractivity contribution in [3.05, 3.63) is 35.4 Å². The highest BCUT2D eigenvalue weighted by Crippen LogP contribution is 2.18. The number of piperidine rings is 1. The van der Waals surface area contributed by atoms with Crippen LogP contribution in [0.15, 0.2) is 24.3 Å². The van der Waals surface area contributed by atoms with Gasteiger partial charge in [0.1, 0.15) is 0 Å². The SMILES string of the molecule is Cc1ccc(C(=O)N2CCC[C@H](C(=N)N)C2)cc1. The number of nitrogens with two attached hydrogens (primary N) is 1. The van der Waals surface area contributed by atoms with Gasteiger partial charge in [-0.2, -0.15) is 0 Å². The number of amides is 1. The number of rotatable bonds is 2. The van der Waals surface area contributed by atoms with E-state index >= 15 is 0 Å². The summed E-state index contributed by atoms with van der Waals surface area (Å²) in [6.45, 7) is 3.33. The highest BCUT2D eigenvalue weighted by atomic mass is 16.2. The molecule has 0 bridgehead atoms. The Bertz CT molecular complexity index is 453. The third-order valence-electron chi connectivity index (χ3n) is 3.45. The molecule has 0 aliphatic carbocycles. The summed E-state index contributed by atoms with van der Waals surface area (Å²) in [7, 11) is 0. The molecule has 1 aliphatic heterocycles. The number of hydrogen-bond acceptors (Lipinski definition) is 2. The third-order valence-corrected chi connectivity index (χ3v) is 3.45. The maximum Gasteiger partial charge on any atom is 0.253 e. The first-order valence-electron chi connectivity index (χ1n) is 6.28. The number of nitrogens with zero attached hydrogens (tertiary/aromatic N) is 1. The van der Waals surface area contributed by atoms with E-state index < -0.39 is 0 Å². The van der Waals surface area contributed by atoms with Gasteiger partial charge in [-0.3, -0.25) is 10.2 Å². The van der Waals surface area contributed by atoms with Crippen molar-refractivity contribution in [3.8, 4) is 0 Å². The highest BCUT2D eigenvalue weighted by molar-refractivity contribution is 5.94. The standard InChI is InChI=1S/C14H19N3O/c1-10-4-6-11(7-5-10)14(18)17-8-2-3-12(9-17)13(15)16/h4-7,12H,2-3,8-9H2,1H3,(H3,15,16)/t12-/m0/s1. The molecular weight excluding hydrogens is 226 g/mol. The van der Waals surface area contributed by atoms with Gasteiger partial charge >= 0.3 is 0 Å². The van der Waals surface area contributed by atoms with Crippen LogP contribution in [0.3, 0.4) is 0 Å². The van der Waals surface area contributed by atoms with E-state index in [-0.39, 0.29) is 17.7 Å². The Balaban J connectivity index is 2.09. The minimum atomic E-state index is 0.0214. The van der Waals surface area contributed by atoms with Gasteiger partial charge in [-0.15, -0.1) is 0 Å². The number of carbonyl (C=O) groups is 1. The van der Waals surface area contributed by atoms with Crippen LogP contribution in [0.4, 0.5) is 0 Å². The van der Waals surface area contributed by atoms with Crippen molar-refractivity contribution in [1.29, 1.82) is 5.41 Å². The molecule has 1 aromatic carbocycles. The van der Waals surface area contributed by atoms with Crippen LogP contribution in [-0.4, -0.2) is 29.7 Å². The van der Waals surface area contributed by atoms with Crippen molar-refractivity contribution in [2.24, 2.45) is 11.7 Å². The average Bonchev–Trinajstić information content (AvgIpc) is 2.39. The molecule has 0 radical (unpaired) electrons. The van der Waals surface area contributed by atoms with Crippen LogP contribution in [-0.2, 0) is 0 Å². The minimum Gasteiger partial charge on any atom is -0.387 e. The monoisotopic (exact) mass is 245 g/mol. The molecule has 1 amide bonds. The number of benzene rings is 1. The lowest BCUT2D eigenvalue weighted by Gasteiger charge is -2.32. The third kappa shape index (κ3) is 2.70. The minimum absolute atomic E-state index is 0.0214. The summed E-state index contributed by atoms with van der Waals surface area (Å²) in [5.74, 6) is 0.255. The van der Waals surface area contributed by atoms with Gasteiger partial charge in [-0.05, 0) is 31.9 Å². The summed E-state index contributed by atoms with van der Waals surface area (Å²) >= 11 is 0. The number of likely N-dealkylation sites (tertiary alicyclic amines) is 1. The zero-order chi connectivity index (χ0) is 13.1. The second kappa shape index (κ2) is 5.21. The normalized spacial score (nSPS) is 19.6. The smallest absolute Gasteiger partial charge is 0.253 e. The van der Waals surface area contributed by atoms with Crippen LogP contribution in [0.5, 0.6) is 0 Å². The molecule has 18 heavy (non-hydrogen) atoms. The lowest BCUT2D eigenvalue weighted by Crippen LogP contribution is -2.43. The van der Waals surface area contributed by atoms with Gasteiger partial charge in [0.25, 0.3) is 5.91 Å². The molecule has 0 aromatic heterocycles. The molecule has 1 saturated heterocycles. The van der Waals surface area contributed by atoms with Crippen molar-refractivity contribution >= 4 is 11.7 Å². The van der Waals surface area contributed by atoms with Gasteiger partial charge in [0.15, 0.2) is 0 Å². The van der Waals surface area contributed by atoms with E-state index in [1.54, 1.807) is 4.90 Å². The molecule has 0 unspecified atom stereocenters. The first-order chi connectivity index (χ1) is 8.58. The lowest BCUT2D eigenvalue weighted by molar-refractivity contribution is 0.0702. The number of amidine groups is 1. The molecule has 1 fully saturated rings. The van der Waals surface area contributed by atoms with Gasteiger partial charge < -0.3 is 10.6 Å². The summed E-state index contributed by atoms with van der Waals surface area (Å²) in [5.41, 5.74) is 7.39. The molecule has 1 aromatic rings. The molecule has 1 aliphatic rings. The van der Waals surface area contributed by atoms with E-state index in [1.165, 1.54) is 0 Å². The number of aryl methyl sites for hydroxylation is 1. The molecule has 1 atom stereocenters. The maximum absolute atomic E-state index is 12.3. The zero-order valence-electron chi connectivity index (χ0n) is 10.6. The molecular formula is C14H19N3O. The second-order valence-corrected chi connectivity index (χ2v) is 4.91. The molecule has 4 nitrogen and oxygen atoms in total. The fraction of sp³-hybridized carbons (Fsp3) is 0.429. The van der Waals surface area contributed by atoms with Crippen molar-refractivity contribution in [2.45, 2.75) is 19.8 Å². The predicted molar refractivity (Wildman–Crippen MR) is 71.7 cm³/mol. The molecule has 1 heterocycles. The van der Waals surface area contributed by atoms with Gasteiger partial charge in [0.05, 0.1) is 5.84 Å². The highest BCUT2D eigenvalue weighted by Gasteiger charge is 2.25. The predicted octanol–water partition coefficient (Wildman–Crippen LogP) is 1.78. The van der Waals surface area contributed by atoms with Crippen molar-refractivity contribution < 1.29 is 4.79 Å². The van der Waals surface area contributed by atoms with Crippen molar-refractivity contribution in [2.75, 3.05) is 13.1 Å². The Morgan fingerprint density at radius 1 is 1.39 bits per heavy atom.